The number of halogens is 2. The first kappa shape index (κ1) is 18.9. The largest absolute Gasteiger partial charge is 0.187 e. The summed E-state index contributed by atoms with van der Waals surface area (Å²) in [4.78, 5) is 0. The molecule has 0 fully saturated rings. The van der Waals surface area contributed by atoms with Crippen molar-refractivity contribution in [2.45, 2.75) is 0 Å². The highest BCUT2D eigenvalue weighted by Crippen LogP contribution is 1.03. The zero-order valence-electron chi connectivity index (χ0n) is 2.47. The molecule has 2 radical (unpaired) electrons. The Morgan fingerprint density at radius 1 is 1.40 bits per heavy atom. The molecule has 0 saturated heterocycles. The molecule has 5 heavy (non-hydrogen) atoms. The van der Waals surface area contributed by atoms with Gasteiger partial charge in [0.15, 0.2) is 7.85 Å². The summed E-state index contributed by atoms with van der Waals surface area (Å²) in [7, 11) is 4.38. The standard InChI is InChI=1S/C2HB.2ClH/c1-2-3;;/h1H;2*1H. The first-order chi connectivity index (χ1) is 1.41. The summed E-state index contributed by atoms with van der Waals surface area (Å²) in [5, 5.41) is 0. The van der Waals surface area contributed by atoms with E-state index in [1.54, 1.807) is 5.82 Å². The Labute approximate surface area is 45.6 Å². The Hall–Kier alpha value is 0.205. The zero-order valence-corrected chi connectivity index (χ0v) is 4.10. The lowest BCUT2D eigenvalue weighted by Gasteiger charge is -1.20. The van der Waals surface area contributed by atoms with Gasteiger partial charge in [-0.2, -0.15) is 5.82 Å². The minimum absolute atomic E-state index is 0. The van der Waals surface area contributed by atoms with Crippen molar-refractivity contribution in [3.05, 3.63) is 0 Å². The van der Waals surface area contributed by atoms with Crippen LogP contribution in [0.2, 0.25) is 0 Å². The van der Waals surface area contributed by atoms with Gasteiger partial charge in [0.2, 0.25) is 0 Å². The molecular formula is C2H3BCl2. The summed E-state index contributed by atoms with van der Waals surface area (Å²) in [6.07, 6.45) is 4.38. The molecule has 0 aromatic rings. The molecule has 0 amide bonds. The van der Waals surface area contributed by atoms with E-state index in [2.05, 4.69) is 14.3 Å². The fourth-order valence-corrected chi connectivity index (χ4v) is 0. The second-order valence-electron chi connectivity index (χ2n) is 0.167. The zero-order chi connectivity index (χ0) is 2.71. The van der Waals surface area contributed by atoms with Gasteiger partial charge in [0.05, 0.1) is 0 Å². The van der Waals surface area contributed by atoms with Gasteiger partial charge < -0.3 is 0 Å². The average Bonchev–Trinajstić information content (AvgIpc) is 0.918. The molecule has 0 aliphatic heterocycles. The fraction of sp³-hybridized carbons (Fsp3) is 0. The topological polar surface area (TPSA) is 0 Å². The molecule has 3 heteroatoms. The van der Waals surface area contributed by atoms with Crippen molar-refractivity contribution < 1.29 is 0 Å². The van der Waals surface area contributed by atoms with Crippen LogP contribution < -0.4 is 0 Å². The van der Waals surface area contributed by atoms with Gasteiger partial charge in [0.25, 0.3) is 0 Å². The van der Waals surface area contributed by atoms with Gasteiger partial charge in [-0.15, -0.1) is 31.2 Å². The summed E-state index contributed by atoms with van der Waals surface area (Å²) in [5.74, 6) is 1.75. The Balaban J connectivity index is -0.0000000200. The van der Waals surface area contributed by atoms with Gasteiger partial charge in [-0.1, -0.05) is 0 Å². The van der Waals surface area contributed by atoms with Gasteiger partial charge >= 0.3 is 0 Å². The molecule has 0 atom stereocenters. The van der Waals surface area contributed by atoms with Crippen LogP contribution in [0.3, 0.4) is 0 Å². The average molecular weight is 109 g/mol. The van der Waals surface area contributed by atoms with Crippen LogP contribution >= 0.6 is 24.8 Å². The molecule has 0 aliphatic rings. The van der Waals surface area contributed by atoms with Crippen LogP contribution in [0.25, 0.3) is 0 Å². The smallest absolute Gasteiger partial charge is 0.176 e. The molecule has 0 saturated carbocycles. The summed E-state index contributed by atoms with van der Waals surface area (Å²) < 4.78 is 0. The Morgan fingerprint density at radius 2 is 1.40 bits per heavy atom. The molecule has 0 bridgehead atoms. The third-order valence-corrected chi connectivity index (χ3v) is 0. The van der Waals surface area contributed by atoms with Crippen LogP contribution in [0.1, 0.15) is 0 Å². The minimum atomic E-state index is 0. The summed E-state index contributed by atoms with van der Waals surface area (Å²) >= 11 is 0. The quantitative estimate of drug-likeness (QED) is 0.315. The molecule has 0 N–H and O–H groups in total. The third kappa shape index (κ3) is 487. The van der Waals surface area contributed by atoms with Crippen LogP contribution in [0.15, 0.2) is 0 Å². The summed E-state index contributed by atoms with van der Waals surface area (Å²) in [5.41, 5.74) is 0. The highest BCUT2D eigenvalue weighted by Gasteiger charge is 1.14. The second-order valence-corrected chi connectivity index (χ2v) is 0.167. The molecule has 0 aromatic carbocycles. The van der Waals surface area contributed by atoms with Gasteiger partial charge in [-0.25, -0.2) is 0 Å². The van der Waals surface area contributed by atoms with Crippen LogP contribution in [-0.2, 0) is 0 Å². The van der Waals surface area contributed by atoms with Gasteiger partial charge in [0, 0.05) is 0 Å². The predicted molar refractivity (Wildman–Crippen MR) is 29.1 cm³/mol. The molecule has 0 nitrogen and oxygen atoms in total. The Kier molecular flexibility index (Phi) is 113. The number of terminal acetylenes is 1. The summed E-state index contributed by atoms with van der Waals surface area (Å²) in [6.45, 7) is 0. The van der Waals surface area contributed by atoms with Crippen molar-refractivity contribution in [1.82, 2.24) is 0 Å². The van der Waals surface area contributed by atoms with E-state index in [0.29, 0.717) is 0 Å². The van der Waals surface area contributed by atoms with Crippen molar-refractivity contribution in [2.75, 3.05) is 0 Å². The number of hydrogen-bond donors (Lipinski definition) is 0. The van der Waals surface area contributed by atoms with E-state index in [1.165, 1.54) is 0 Å². The monoisotopic (exact) mass is 108 g/mol. The Bertz CT molecular complexity index is 29.1. The Morgan fingerprint density at radius 3 is 1.40 bits per heavy atom. The van der Waals surface area contributed by atoms with Gasteiger partial charge in [-0.05, 0) is 0 Å². The minimum Gasteiger partial charge on any atom is -0.176 e. The lowest BCUT2D eigenvalue weighted by atomic mass is 10.2. The molecule has 0 spiro atoms. The molecular weight excluding hydrogens is 106 g/mol. The van der Waals surface area contributed by atoms with Crippen LogP contribution in [-0.4, -0.2) is 7.85 Å². The second kappa shape index (κ2) is 29.7. The van der Waals surface area contributed by atoms with Crippen molar-refractivity contribution >= 4 is 32.7 Å². The highest BCUT2D eigenvalue weighted by atomic mass is 35.5. The predicted octanol–water partition coefficient (Wildman–Crippen LogP) is 0.589. The molecule has 0 unspecified atom stereocenters. The van der Waals surface area contributed by atoms with E-state index in [0.717, 1.165) is 0 Å². The highest BCUT2D eigenvalue weighted by molar-refractivity contribution is 6.21. The molecule has 0 aliphatic carbocycles. The van der Waals surface area contributed by atoms with E-state index in [9.17, 15) is 0 Å². The normalized spacial score (nSPS) is 1.40. The lowest BCUT2D eigenvalue weighted by Crippen LogP contribution is -1.32. The lowest BCUT2D eigenvalue weighted by molar-refractivity contribution is 3.09. The molecule has 28 valence electrons. The van der Waals surface area contributed by atoms with Gasteiger partial charge in [-0.3, -0.25) is 0 Å². The maximum Gasteiger partial charge on any atom is 0.187 e. The first-order valence-corrected chi connectivity index (χ1v) is 0.577. The van der Waals surface area contributed by atoms with Gasteiger partial charge in [0.1, 0.15) is 0 Å². The van der Waals surface area contributed by atoms with Crippen molar-refractivity contribution in [1.29, 1.82) is 0 Å². The van der Waals surface area contributed by atoms with Crippen LogP contribution in [0.5, 0.6) is 0 Å². The van der Waals surface area contributed by atoms with Crippen LogP contribution in [0, 0.1) is 12.2 Å². The van der Waals surface area contributed by atoms with Crippen LogP contribution in [0.4, 0.5) is 0 Å². The summed E-state index contributed by atoms with van der Waals surface area (Å²) in [6, 6.07) is 0. The maximum atomic E-state index is 4.38. The van der Waals surface area contributed by atoms with E-state index in [4.69, 9.17) is 0 Å². The maximum absolute atomic E-state index is 4.38. The van der Waals surface area contributed by atoms with Crippen molar-refractivity contribution in [2.24, 2.45) is 0 Å². The van der Waals surface area contributed by atoms with E-state index < -0.39 is 0 Å². The SMILES string of the molecule is Cl.Cl.[B]C#C. The van der Waals surface area contributed by atoms with E-state index in [1.807, 2.05) is 0 Å². The molecule has 0 aromatic heterocycles. The first-order valence-electron chi connectivity index (χ1n) is 0.577. The number of rotatable bonds is 0. The van der Waals surface area contributed by atoms with Crippen molar-refractivity contribution in [3.63, 3.8) is 0 Å². The van der Waals surface area contributed by atoms with Crippen molar-refractivity contribution in [3.8, 4) is 12.2 Å². The van der Waals surface area contributed by atoms with E-state index in [-0.39, 0.29) is 24.8 Å². The number of hydrogen-bond acceptors (Lipinski definition) is 0. The third-order valence-electron chi connectivity index (χ3n) is 0. The fourth-order valence-electron chi connectivity index (χ4n) is 0. The molecule has 0 rings (SSSR count). The molecule has 0 heterocycles. The van der Waals surface area contributed by atoms with E-state index >= 15 is 0 Å².